The van der Waals surface area contributed by atoms with E-state index in [9.17, 15) is 74.2 Å². The Balaban J connectivity index is 1.89. The molecule has 0 aliphatic heterocycles. The standard InChI is InChI=1S/C47H65N11O15/c1-27(2)40(49)46(67)56-38(26-60)45(66)54-36(23-29-14-17-31(61)18-15-29)43(64)55-37(25-59)44(65)53-35(22-28-10-4-3-5-11-28)42(63)51-33(41(62)52-34(47(68)69)13-6-8-20-48)12-7-9-21-50-32-19-16-30(57(70)71)24-39(32)58(72)73/h3-5,10-11,14-19,24,27,33-38,40,50,59-61H,6-9,12-13,20-23,25-26,48-49H2,1-2H3,(H,51,63)(H,52,62)(H,53,65)(H,54,66)(H,55,64)(H,56,67)(H,68,69)/t33-,34-,35-,36-,37-,38-,40-/m0/s1. The number of aromatic hydroxyl groups is 1. The fraction of sp³-hybridized carbons (Fsp3) is 0.468. The van der Waals surface area contributed by atoms with Crippen molar-refractivity contribution in [3.63, 3.8) is 0 Å². The van der Waals surface area contributed by atoms with E-state index in [1.54, 1.807) is 44.2 Å². The smallest absolute Gasteiger partial charge is 0.326 e. The number of aliphatic hydroxyl groups is 2. The number of carbonyl (C=O) groups excluding carboxylic acids is 6. The molecule has 0 saturated carbocycles. The van der Waals surface area contributed by atoms with Crippen LogP contribution in [0.25, 0.3) is 0 Å². The molecular weight excluding hydrogens is 959 g/mol. The number of benzene rings is 3. The second kappa shape index (κ2) is 30.2. The van der Waals surface area contributed by atoms with Crippen molar-refractivity contribution in [2.24, 2.45) is 17.4 Å². The van der Waals surface area contributed by atoms with Crippen LogP contribution in [-0.4, -0.2) is 140 Å². The Morgan fingerprint density at radius 3 is 1.56 bits per heavy atom. The van der Waals surface area contributed by atoms with Gasteiger partial charge in [0.1, 0.15) is 47.7 Å². The number of unbranched alkanes of at least 4 members (excludes halogenated alkanes) is 2. The minimum Gasteiger partial charge on any atom is -0.508 e. The lowest BCUT2D eigenvalue weighted by Gasteiger charge is -2.27. The number of phenolic OH excluding ortho intramolecular Hbond substituents is 1. The van der Waals surface area contributed by atoms with E-state index in [4.69, 9.17) is 11.5 Å². The van der Waals surface area contributed by atoms with Crippen LogP contribution in [0.1, 0.15) is 63.5 Å². The predicted octanol–water partition coefficient (Wildman–Crippen LogP) is -0.633. The summed E-state index contributed by atoms with van der Waals surface area (Å²) >= 11 is 0. The van der Waals surface area contributed by atoms with Crippen LogP contribution >= 0.6 is 0 Å². The number of hydrogen-bond acceptors (Lipinski definition) is 17. The third kappa shape index (κ3) is 19.7. The summed E-state index contributed by atoms with van der Waals surface area (Å²) in [4.78, 5) is 116. The number of hydrogen-bond donors (Lipinski definition) is 13. The van der Waals surface area contributed by atoms with Crippen LogP contribution in [0, 0.1) is 26.1 Å². The lowest BCUT2D eigenvalue weighted by molar-refractivity contribution is -0.393. The number of phenols is 1. The number of nitro groups is 2. The second-order valence-electron chi connectivity index (χ2n) is 17.3. The fourth-order valence-electron chi connectivity index (χ4n) is 7.11. The van der Waals surface area contributed by atoms with Gasteiger partial charge < -0.3 is 69.1 Å². The number of carboxylic acid groups (broad SMARTS) is 1. The monoisotopic (exact) mass is 1020 g/mol. The van der Waals surface area contributed by atoms with E-state index in [1.165, 1.54) is 30.3 Å². The molecule has 0 aliphatic rings. The van der Waals surface area contributed by atoms with E-state index in [0.717, 1.165) is 12.1 Å². The molecule has 0 aliphatic carbocycles. The molecular formula is C47H65N11O15. The van der Waals surface area contributed by atoms with E-state index in [0.29, 0.717) is 24.0 Å². The van der Waals surface area contributed by atoms with Crippen LogP contribution in [-0.2, 0) is 46.4 Å². The molecule has 7 atom stereocenters. The molecule has 0 heterocycles. The van der Waals surface area contributed by atoms with Crippen molar-refractivity contribution in [2.45, 2.75) is 108 Å². The molecule has 0 aromatic heterocycles. The number of nitrogens with two attached hydrogens (primary N) is 2. The Morgan fingerprint density at radius 2 is 1.05 bits per heavy atom. The second-order valence-corrected chi connectivity index (χ2v) is 17.3. The molecule has 398 valence electrons. The van der Waals surface area contributed by atoms with Crippen molar-refractivity contribution in [1.82, 2.24) is 31.9 Å². The van der Waals surface area contributed by atoms with Gasteiger partial charge in [-0.3, -0.25) is 49.0 Å². The topological polar surface area (TPSA) is 423 Å². The molecule has 73 heavy (non-hydrogen) atoms. The maximum atomic E-state index is 14.3. The highest BCUT2D eigenvalue weighted by atomic mass is 16.6. The lowest BCUT2D eigenvalue weighted by Crippen LogP contribution is -2.61. The summed E-state index contributed by atoms with van der Waals surface area (Å²) in [5, 5.41) is 80.5. The number of rotatable bonds is 32. The number of aliphatic carboxylic acids is 1. The number of amides is 6. The van der Waals surface area contributed by atoms with Crippen molar-refractivity contribution < 1.29 is 63.8 Å². The first-order valence-corrected chi connectivity index (χ1v) is 23.4. The number of anilines is 1. The Labute approximate surface area is 419 Å². The van der Waals surface area contributed by atoms with Gasteiger partial charge in [0.05, 0.1) is 35.2 Å². The van der Waals surface area contributed by atoms with Crippen LogP contribution in [0.5, 0.6) is 5.75 Å². The minimum atomic E-state index is -1.78. The predicted molar refractivity (Wildman–Crippen MR) is 263 cm³/mol. The van der Waals surface area contributed by atoms with Crippen LogP contribution < -0.4 is 48.7 Å². The molecule has 0 unspecified atom stereocenters. The fourth-order valence-corrected chi connectivity index (χ4v) is 7.11. The third-order valence-electron chi connectivity index (χ3n) is 11.4. The SMILES string of the molecule is CC(C)[C@H](N)C(=O)N[C@@H](CO)C(=O)N[C@@H](Cc1ccc(O)cc1)C(=O)N[C@@H](CO)C(=O)N[C@@H](Cc1ccccc1)C(=O)N[C@@H](CCCCNc1ccc([N+](=O)[O-])cc1[N+](=O)[O-])C(=O)N[C@@H](CCCCN)C(=O)O. The summed E-state index contributed by atoms with van der Waals surface area (Å²) in [5.74, 6) is -7.53. The van der Waals surface area contributed by atoms with E-state index in [-0.39, 0.29) is 69.0 Å². The van der Waals surface area contributed by atoms with Gasteiger partial charge in [0.25, 0.3) is 11.4 Å². The van der Waals surface area contributed by atoms with Crippen LogP contribution in [0.3, 0.4) is 0 Å². The van der Waals surface area contributed by atoms with Crippen LogP contribution in [0.4, 0.5) is 17.1 Å². The van der Waals surface area contributed by atoms with E-state index in [1.807, 2.05) is 0 Å². The van der Waals surface area contributed by atoms with Gasteiger partial charge in [-0.05, 0) is 80.3 Å². The molecule has 15 N–H and O–H groups in total. The van der Waals surface area contributed by atoms with Crippen LogP contribution in [0.2, 0.25) is 0 Å². The lowest BCUT2D eigenvalue weighted by atomic mass is 10.0. The quantitative estimate of drug-likeness (QED) is 0.0210. The molecule has 3 rings (SSSR count). The summed E-state index contributed by atoms with van der Waals surface area (Å²) in [6.07, 6.45) is 0.566. The highest BCUT2D eigenvalue weighted by Crippen LogP contribution is 2.29. The first-order chi connectivity index (χ1) is 34.7. The molecule has 3 aromatic rings. The van der Waals surface area contributed by atoms with Gasteiger partial charge >= 0.3 is 5.97 Å². The summed E-state index contributed by atoms with van der Waals surface area (Å²) in [7, 11) is 0. The zero-order valence-electron chi connectivity index (χ0n) is 40.4. The first-order valence-electron chi connectivity index (χ1n) is 23.4. The number of carbonyl (C=O) groups is 7. The number of non-ortho nitro benzene ring substituents is 1. The Hall–Kier alpha value is -7.81. The molecule has 0 saturated heterocycles. The minimum absolute atomic E-state index is 0.00287. The summed E-state index contributed by atoms with van der Waals surface area (Å²) in [6, 6.07) is 6.62. The molecule has 26 heteroatoms. The number of nitrogens with zero attached hydrogens (tertiary/aromatic N) is 2. The molecule has 3 aromatic carbocycles. The zero-order chi connectivity index (χ0) is 54.2. The molecule has 6 amide bonds. The van der Waals surface area contributed by atoms with Crippen molar-refractivity contribution in [3.05, 3.63) is 104 Å². The molecule has 0 radical (unpaired) electrons. The highest BCUT2D eigenvalue weighted by Gasteiger charge is 2.34. The van der Waals surface area contributed by atoms with Crippen molar-refractivity contribution in [2.75, 3.05) is 31.6 Å². The number of nitrogens with one attached hydrogen (secondary N) is 7. The summed E-state index contributed by atoms with van der Waals surface area (Å²) in [6.45, 7) is 1.72. The van der Waals surface area contributed by atoms with Crippen molar-refractivity contribution in [3.8, 4) is 5.75 Å². The van der Waals surface area contributed by atoms with Crippen molar-refractivity contribution >= 4 is 58.5 Å². The Bertz CT molecular complexity index is 2360. The third-order valence-corrected chi connectivity index (χ3v) is 11.4. The Morgan fingerprint density at radius 1 is 0.589 bits per heavy atom. The number of aliphatic hydroxyl groups excluding tert-OH is 2. The van der Waals surface area contributed by atoms with E-state index < -0.39 is 118 Å². The largest absolute Gasteiger partial charge is 0.508 e. The first kappa shape index (κ1) is 59.5. The van der Waals surface area contributed by atoms with E-state index >= 15 is 0 Å². The van der Waals surface area contributed by atoms with Gasteiger partial charge in [0, 0.05) is 25.5 Å². The van der Waals surface area contributed by atoms with Crippen LogP contribution in [0.15, 0.2) is 72.8 Å². The molecule has 0 fully saturated rings. The van der Waals surface area contributed by atoms with Gasteiger partial charge in [-0.15, -0.1) is 0 Å². The van der Waals surface area contributed by atoms with Gasteiger partial charge in [0.2, 0.25) is 35.4 Å². The Kier molecular flexibility index (Phi) is 24.6. The maximum absolute atomic E-state index is 14.3. The number of nitro benzene ring substituents is 2. The van der Waals surface area contributed by atoms with Gasteiger partial charge in [-0.1, -0.05) is 56.3 Å². The number of carboxylic acids is 1. The summed E-state index contributed by atoms with van der Waals surface area (Å²) < 4.78 is 0. The van der Waals surface area contributed by atoms with Gasteiger partial charge in [-0.25, -0.2) is 4.79 Å². The van der Waals surface area contributed by atoms with Gasteiger partial charge in [0.15, 0.2) is 0 Å². The molecule has 0 spiro atoms. The average molecular weight is 1020 g/mol. The highest BCUT2D eigenvalue weighted by molar-refractivity contribution is 5.97. The zero-order valence-corrected chi connectivity index (χ0v) is 40.4. The van der Waals surface area contributed by atoms with Crippen molar-refractivity contribution in [1.29, 1.82) is 0 Å². The average Bonchev–Trinajstić information content (AvgIpc) is 3.36. The maximum Gasteiger partial charge on any atom is 0.326 e. The normalized spacial score (nSPS) is 13.9. The summed E-state index contributed by atoms with van der Waals surface area (Å²) in [5.41, 5.74) is 11.3. The van der Waals surface area contributed by atoms with E-state index in [2.05, 4.69) is 37.2 Å². The molecule has 26 nitrogen and oxygen atoms in total. The molecule has 0 bridgehead atoms. The van der Waals surface area contributed by atoms with Gasteiger partial charge in [-0.2, -0.15) is 0 Å².